The van der Waals surface area contributed by atoms with E-state index in [1.54, 1.807) is 6.07 Å². The summed E-state index contributed by atoms with van der Waals surface area (Å²) in [6.45, 7) is -1.03. The largest absolute Gasteiger partial charge is 0.408 e. The number of rotatable bonds is 7. The minimum Gasteiger partial charge on any atom is -0.332 e. The van der Waals surface area contributed by atoms with Crippen molar-refractivity contribution in [2.75, 3.05) is 13.3 Å². The lowest BCUT2D eigenvalue weighted by molar-refractivity contribution is -0.187. The highest BCUT2D eigenvalue weighted by molar-refractivity contribution is 6.15. The zero-order valence-corrected chi connectivity index (χ0v) is 22.0. The van der Waals surface area contributed by atoms with Crippen LogP contribution in [0.25, 0.3) is 11.3 Å². The second-order valence-electron chi connectivity index (χ2n) is 10.0. The van der Waals surface area contributed by atoms with Crippen LogP contribution in [0.15, 0.2) is 60.7 Å². The lowest BCUT2D eigenvalue weighted by Crippen LogP contribution is -2.51. The van der Waals surface area contributed by atoms with Crippen molar-refractivity contribution in [2.24, 2.45) is 0 Å². The second kappa shape index (κ2) is 10.9. The summed E-state index contributed by atoms with van der Waals surface area (Å²) >= 11 is 0. The summed E-state index contributed by atoms with van der Waals surface area (Å²) in [5.74, 6) is -3.18. The molecule has 2 amide bonds. The fourth-order valence-electron chi connectivity index (χ4n) is 5.11. The fraction of sp³-hybridized carbons (Fsp3) is 0.310. The summed E-state index contributed by atoms with van der Waals surface area (Å²) < 4.78 is 86.2. The molecule has 2 aliphatic rings. The summed E-state index contributed by atoms with van der Waals surface area (Å²) in [6, 6.07) is 11.0. The maximum atomic E-state index is 13.6. The number of amides is 2. The molecular formula is C29H23F6N3O4. The Balaban J connectivity index is 1.38. The van der Waals surface area contributed by atoms with E-state index < -0.39 is 73.2 Å². The van der Waals surface area contributed by atoms with E-state index in [-0.39, 0.29) is 23.2 Å². The molecule has 3 aromatic rings. The molecule has 1 saturated heterocycles. The van der Waals surface area contributed by atoms with Gasteiger partial charge < -0.3 is 14.5 Å². The van der Waals surface area contributed by atoms with Gasteiger partial charge in [-0.3, -0.25) is 14.4 Å². The summed E-state index contributed by atoms with van der Waals surface area (Å²) in [7, 11) is 0. The van der Waals surface area contributed by atoms with E-state index in [1.807, 2.05) is 0 Å². The van der Waals surface area contributed by atoms with E-state index in [9.17, 15) is 40.7 Å². The molecule has 0 bridgehead atoms. The van der Waals surface area contributed by atoms with Gasteiger partial charge in [-0.2, -0.15) is 13.2 Å². The zero-order chi connectivity index (χ0) is 30.4. The molecule has 1 unspecified atom stereocenters. The van der Waals surface area contributed by atoms with Crippen LogP contribution in [0.2, 0.25) is 0 Å². The Labute approximate surface area is 235 Å². The first-order chi connectivity index (χ1) is 19.8. The Morgan fingerprint density at radius 3 is 2.48 bits per heavy atom. The van der Waals surface area contributed by atoms with E-state index in [0.717, 1.165) is 24.0 Å². The van der Waals surface area contributed by atoms with Gasteiger partial charge in [-0.05, 0) is 48.4 Å². The predicted molar refractivity (Wildman–Crippen MR) is 135 cm³/mol. The number of carbonyl (C=O) groups excluding carboxylic acids is 3. The van der Waals surface area contributed by atoms with Crippen molar-refractivity contribution in [3.63, 3.8) is 0 Å². The van der Waals surface area contributed by atoms with Crippen molar-refractivity contribution < 1.29 is 45.5 Å². The number of halogens is 6. The standard InChI is InChI=1S/C29H23F6N3O4/c1-16(29(33,34)35)38(13-17-5-8-20(30)9-6-17)25(40)14-37-15-42-28(27(37)41)21-10-7-18(11-19(21)12-24(28)39)22-3-2-4-23(36-22)26(31)32/h2-11,16,26H,12-15H2,1H3/t16?,28-/m1/s1. The highest BCUT2D eigenvalue weighted by atomic mass is 19.4. The Hall–Kier alpha value is -4.26. The van der Waals surface area contributed by atoms with Gasteiger partial charge in [-0.25, -0.2) is 18.2 Å². The third kappa shape index (κ3) is 5.24. The van der Waals surface area contributed by atoms with Gasteiger partial charge in [0.05, 0.1) is 5.69 Å². The number of ketones is 1. The molecule has 220 valence electrons. The quantitative estimate of drug-likeness (QED) is 0.287. The van der Waals surface area contributed by atoms with Crippen LogP contribution in [0.5, 0.6) is 0 Å². The molecule has 42 heavy (non-hydrogen) atoms. The summed E-state index contributed by atoms with van der Waals surface area (Å²) in [5, 5.41) is 0. The van der Waals surface area contributed by atoms with Crippen LogP contribution in [0, 0.1) is 5.82 Å². The number of benzene rings is 2. The summed E-state index contributed by atoms with van der Waals surface area (Å²) in [4.78, 5) is 45.2. The first-order valence-electron chi connectivity index (χ1n) is 12.8. The number of pyridine rings is 1. The molecule has 0 radical (unpaired) electrons. The van der Waals surface area contributed by atoms with Crippen LogP contribution in [0.3, 0.4) is 0 Å². The molecule has 2 heterocycles. The SMILES string of the molecule is CC(N(Cc1ccc(F)cc1)C(=O)CN1CO[C@]2(C(=O)Cc3cc(-c4cccc(C(F)F)n4)ccc32)C1=O)C(F)(F)F. The third-order valence-electron chi connectivity index (χ3n) is 7.40. The number of aromatic nitrogens is 1. The maximum Gasteiger partial charge on any atom is 0.408 e. The van der Waals surface area contributed by atoms with Gasteiger partial charge in [-0.1, -0.05) is 30.3 Å². The van der Waals surface area contributed by atoms with Crippen molar-refractivity contribution in [2.45, 2.75) is 44.1 Å². The summed E-state index contributed by atoms with van der Waals surface area (Å²) in [5.41, 5.74) is -1.01. The van der Waals surface area contributed by atoms with E-state index in [4.69, 9.17) is 4.74 Å². The molecule has 0 saturated carbocycles. The Morgan fingerprint density at radius 1 is 1.10 bits per heavy atom. The topological polar surface area (TPSA) is 79.8 Å². The minimum atomic E-state index is -4.79. The Morgan fingerprint density at radius 2 is 1.81 bits per heavy atom. The van der Waals surface area contributed by atoms with Gasteiger partial charge >= 0.3 is 6.18 Å². The van der Waals surface area contributed by atoms with Gasteiger partial charge in [0.1, 0.15) is 30.8 Å². The molecule has 1 aliphatic carbocycles. The summed E-state index contributed by atoms with van der Waals surface area (Å²) in [6.07, 6.45) is -7.80. The van der Waals surface area contributed by atoms with E-state index in [2.05, 4.69) is 4.98 Å². The molecule has 5 rings (SSSR count). The molecule has 7 nitrogen and oxygen atoms in total. The third-order valence-corrected chi connectivity index (χ3v) is 7.40. The monoisotopic (exact) mass is 591 g/mol. The van der Waals surface area contributed by atoms with E-state index in [1.165, 1.54) is 42.5 Å². The van der Waals surface area contributed by atoms with E-state index >= 15 is 0 Å². The van der Waals surface area contributed by atoms with Crippen LogP contribution < -0.4 is 0 Å². The molecular weight excluding hydrogens is 568 g/mol. The van der Waals surface area contributed by atoms with Gasteiger partial charge in [0.15, 0.2) is 5.78 Å². The molecule has 1 aliphatic heterocycles. The fourth-order valence-corrected chi connectivity index (χ4v) is 5.11. The lowest BCUT2D eigenvalue weighted by atomic mass is 9.93. The number of nitrogens with zero attached hydrogens (tertiary/aromatic N) is 3. The van der Waals surface area contributed by atoms with Gasteiger partial charge in [0.2, 0.25) is 11.5 Å². The number of fused-ring (bicyclic) bond motifs is 2. The van der Waals surface area contributed by atoms with Crippen molar-refractivity contribution >= 4 is 17.6 Å². The normalized spacial score (nSPS) is 19.1. The minimum absolute atomic E-state index is 0.202. The van der Waals surface area contributed by atoms with Crippen molar-refractivity contribution in [3.05, 3.63) is 88.9 Å². The highest BCUT2D eigenvalue weighted by Crippen LogP contribution is 2.43. The first-order valence-corrected chi connectivity index (χ1v) is 12.8. The van der Waals surface area contributed by atoms with Crippen molar-refractivity contribution in [3.8, 4) is 11.3 Å². The number of alkyl halides is 5. The molecule has 1 aromatic heterocycles. The number of Topliss-reactive ketones (excluding diaryl/α,β-unsaturated/α-hetero) is 1. The van der Waals surface area contributed by atoms with Gasteiger partial charge in [-0.15, -0.1) is 0 Å². The zero-order valence-electron chi connectivity index (χ0n) is 22.0. The van der Waals surface area contributed by atoms with Gasteiger partial charge in [0, 0.05) is 24.1 Å². The van der Waals surface area contributed by atoms with Crippen LogP contribution in [0.4, 0.5) is 26.3 Å². The first kappa shape index (κ1) is 29.2. The number of hydrogen-bond donors (Lipinski definition) is 0. The predicted octanol–water partition coefficient (Wildman–Crippen LogP) is 4.94. The Bertz CT molecular complexity index is 1550. The molecule has 2 atom stereocenters. The smallest absolute Gasteiger partial charge is 0.332 e. The second-order valence-corrected chi connectivity index (χ2v) is 10.0. The Kier molecular flexibility index (Phi) is 7.56. The van der Waals surface area contributed by atoms with Crippen LogP contribution in [0.1, 0.15) is 35.7 Å². The molecule has 2 aromatic carbocycles. The van der Waals surface area contributed by atoms with Crippen LogP contribution in [-0.4, -0.2) is 57.9 Å². The number of carbonyl (C=O) groups is 3. The number of hydrogen-bond acceptors (Lipinski definition) is 5. The number of ether oxygens (including phenoxy) is 1. The highest BCUT2D eigenvalue weighted by Gasteiger charge is 2.59. The molecule has 0 N–H and O–H groups in total. The van der Waals surface area contributed by atoms with Crippen LogP contribution in [-0.2, 0) is 37.7 Å². The molecule has 13 heteroatoms. The molecule has 1 fully saturated rings. The van der Waals surface area contributed by atoms with Crippen molar-refractivity contribution in [1.29, 1.82) is 0 Å². The lowest BCUT2D eigenvalue weighted by Gasteiger charge is -2.32. The maximum absolute atomic E-state index is 13.6. The van der Waals surface area contributed by atoms with Crippen LogP contribution >= 0.6 is 0 Å². The average molecular weight is 592 g/mol. The van der Waals surface area contributed by atoms with Gasteiger partial charge in [0.25, 0.3) is 12.3 Å². The van der Waals surface area contributed by atoms with Crippen molar-refractivity contribution in [1.82, 2.24) is 14.8 Å². The average Bonchev–Trinajstić information content (AvgIpc) is 3.43. The van der Waals surface area contributed by atoms with E-state index in [0.29, 0.717) is 16.0 Å². The molecule has 1 spiro atoms.